The summed E-state index contributed by atoms with van der Waals surface area (Å²) in [6, 6.07) is 17.7. The molecule has 7 nitrogen and oxygen atoms in total. The summed E-state index contributed by atoms with van der Waals surface area (Å²) in [7, 11) is -1.15. The van der Waals surface area contributed by atoms with Gasteiger partial charge in [-0.1, -0.05) is 30.3 Å². The lowest BCUT2D eigenvalue weighted by molar-refractivity contribution is 0.103. The smallest absolute Gasteiger partial charge is 0.270 e. The van der Waals surface area contributed by atoms with Crippen LogP contribution in [0.2, 0.25) is 0 Å². The molecule has 0 bridgehead atoms. The monoisotopic (exact) mass is 422 g/mol. The van der Waals surface area contributed by atoms with E-state index in [9.17, 15) is 13.2 Å². The first-order valence-electron chi connectivity index (χ1n) is 9.01. The van der Waals surface area contributed by atoms with E-state index in [2.05, 4.69) is 4.98 Å². The fourth-order valence-electron chi connectivity index (χ4n) is 3.23. The van der Waals surface area contributed by atoms with Crippen LogP contribution in [-0.2, 0) is 10.0 Å². The SMILES string of the molecule is COc1cnc2c(c1)cc(C(=O)c1ccccc1OC)n2S(=O)(=O)c1ccccc1. The number of fused-ring (bicyclic) bond motifs is 1. The Morgan fingerprint density at radius 3 is 2.33 bits per heavy atom. The van der Waals surface area contributed by atoms with Gasteiger partial charge in [0.05, 0.1) is 30.9 Å². The quantitative estimate of drug-likeness (QED) is 0.442. The van der Waals surface area contributed by atoms with Crippen LogP contribution in [-0.4, -0.2) is 37.4 Å². The standard InChI is InChI=1S/C22H18N2O5S/c1-28-16-12-15-13-19(21(25)18-10-6-7-11-20(18)29-2)24(22(15)23-14-16)30(26,27)17-8-4-3-5-9-17/h3-14H,1-2H3. The Hall–Kier alpha value is -3.65. The molecule has 4 rings (SSSR count). The number of pyridine rings is 1. The van der Waals surface area contributed by atoms with Gasteiger partial charge in [-0.05, 0) is 36.4 Å². The average molecular weight is 422 g/mol. The minimum Gasteiger partial charge on any atom is -0.496 e. The summed E-state index contributed by atoms with van der Waals surface area (Å²) in [4.78, 5) is 17.7. The Kier molecular flexibility index (Phi) is 5.01. The van der Waals surface area contributed by atoms with Crippen molar-refractivity contribution >= 4 is 26.8 Å². The average Bonchev–Trinajstić information content (AvgIpc) is 3.18. The second-order valence-corrected chi connectivity index (χ2v) is 8.22. The summed E-state index contributed by atoms with van der Waals surface area (Å²) in [5.74, 6) is 0.305. The second-order valence-electron chi connectivity index (χ2n) is 6.43. The fourth-order valence-corrected chi connectivity index (χ4v) is 4.72. The van der Waals surface area contributed by atoms with Gasteiger partial charge in [-0.3, -0.25) is 4.79 Å². The maximum Gasteiger partial charge on any atom is 0.270 e. The molecule has 0 fully saturated rings. The number of methoxy groups -OCH3 is 2. The Balaban J connectivity index is 2.02. The van der Waals surface area contributed by atoms with E-state index >= 15 is 0 Å². The maximum absolute atomic E-state index is 13.5. The molecule has 8 heteroatoms. The van der Waals surface area contributed by atoms with Crippen LogP contribution in [0.25, 0.3) is 11.0 Å². The third-order valence-electron chi connectivity index (χ3n) is 4.67. The highest BCUT2D eigenvalue weighted by molar-refractivity contribution is 7.90. The second kappa shape index (κ2) is 7.64. The van der Waals surface area contributed by atoms with Crippen molar-refractivity contribution in [3.05, 3.63) is 84.2 Å². The number of ketones is 1. The largest absolute Gasteiger partial charge is 0.496 e. The van der Waals surface area contributed by atoms with Gasteiger partial charge in [0.15, 0.2) is 5.65 Å². The van der Waals surface area contributed by atoms with Crippen LogP contribution < -0.4 is 9.47 Å². The first-order chi connectivity index (χ1) is 14.5. The Morgan fingerprint density at radius 1 is 0.933 bits per heavy atom. The zero-order chi connectivity index (χ0) is 21.3. The normalized spacial score (nSPS) is 11.4. The summed E-state index contributed by atoms with van der Waals surface area (Å²) in [6.45, 7) is 0. The zero-order valence-corrected chi connectivity index (χ0v) is 17.1. The van der Waals surface area contributed by atoms with Crippen LogP contribution in [0.1, 0.15) is 16.1 Å². The van der Waals surface area contributed by atoms with Gasteiger partial charge in [-0.25, -0.2) is 17.4 Å². The predicted molar refractivity (Wildman–Crippen MR) is 112 cm³/mol. The van der Waals surface area contributed by atoms with Gasteiger partial charge in [-0.2, -0.15) is 0 Å². The molecule has 0 amide bonds. The van der Waals surface area contributed by atoms with Gasteiger partial charge in [0, 0.05) is 5.39 Å². The number of aromatic nitrogens is 2. The van der Waals surface area contributed by atoms with Crippen LogP contribution in [0.3, 0.4) is 0 Å². The molecule has 0 radical (unpaired) electrons. The summed E-state index contributed by atoms with van der Waals surface area (Å²) >= 11 is 0. The Morgan fingerprint density at radius 2 is 1.63 bits per heavy atom. The molecule has 0 atom stereocenters. The molecule has 2 aromatic carbocycles. The van der Waals surface area contributed by atoms with Crippen LogP contribution in [0, 0.1) is 0 Å². The zero-order valence-electron chi connectivity index (χ0n) is 16.3. The van der Waals surface area contributed by atoms with E-state index in [0.717, 1.165) is 3.97 Å². The van der Waals surface area contributed by atoms with E-state index in [1.807, 2.05) is 0 Å². The molecule has 0 aliphatic rings. The number of benzene rings is 2. The number of carbonyl (C=O) groups excluding carboxylic acids is 1. The Bertz CT molecular complexity index is 1340. The van der Waals surface area contributed by atoms with Crippen molar-refractivity contribution in [1.29, 1.82) is 0 Å². The van der Waals surface area contributed by atoms with E-state index in [-0.39, 0.29) is 21.8 Å². The van der Waals surface area contributed by atoms with Gasteiger partial charge in [-0.15, -0.1) is 0 Å². The topological polar surface area (TPSA) is 87.5 Å². The van der Waals surface area contributed by atoms with Crippen molar-refractivity contribution in [2.24, 2.45) is 0 Å². The van der Waals surface area contributed by atoms with Crippen molar-refractivity contribution < 1.29 is 22.7 Å². The first kappa shape index (κ1) is 19.7. The number of para-hydroxylation sites is 1. The highest BCUT2D eigenvalue weighted by Gasteiger charge is 2.29. The third kappa shape index (κ3) is 3.21. The molecule has 0 unspecified atom stereocenters. The van der Waals surface area contributed by atoms with E-state index in [1.54, 1.807) is 48.5 Å². The van der Waals surface area contributed by atoms with E-state index < -0.39 is 15.8 Å². The highest BCUT2D eigenvalue weighted by atomic mass is 32.2. The number of rotatable bonds is 6. The van der Waals surface area contributed by atoms with Crippen LogP contribution in [0.15, 0.2) is 77.8 Å². The first-order valence-corrected chi connectivity index (χ1v) is 10.4. The molecule has 0 aliphatic carbocycles. The van der Waals surface area contributed by atoms with Crippen LogP contribution >= 0.6 is 0 Å². The molecule has 4 aromatic rings. The van der Waals surface area contributed by atoms with Gasteiger partial charge in [0.2, 0.25) is 5.78 Å². The molecule has 152 valence electrons. The molecule has 30 heavy (non-hydrogen) atoms. The predicted octanol–water partition coefficient (Wildman–Crippen LogP) is 3.52. The van der Waals surface area contributed by atoms with E-state index in [4.69, 9.17) is 9.47 Å². The van der Waals surface area contributed by atoms with Crippen molar-refractivity contribution in [1.82, 2.24) is 8.96 Å². The van der Waals surface area contributed by atoms with E-state index in [1.165, 1.54) is 38.6 Å². The van der Waals surface area contributed by atoms with Crippen molar-refractivity contribution in [3.63, 3.8) is 0 Å². The number of carbonyl (C=O) groups is 1. The van der Waals surface area contributed by atoms with E-state index in [0.29, 0.717) is 16.9 Å². The summed E-state index contributed by atoms with van der Waals surface area (Å²) in [6.07, 6.45) is 1.41. The number of hydrogen-bond donors (Lipinski definition) is 0. The lowest BCUT2D eigenvalue weighted by Crippen LogP contribution is -2.19. The molecule has 2 heterocycles. The van der Waals surface area contributed by atoms with Gasteiger partial charge >= 0.3 is 0 Å². The summed E-state index contributed by atoms with van der Waals surface area (Å²) < 4.78 is 38.4. The minimum atomic E-state index is -4.09. The molecule has 0 aliphatic heterocycles. The van der Waals surface area contributed by atoms with Crippen LogP contribution in [0.4, 0.5) is 0 Å². The van der Waals surface area contributed by atoms with Crippen molar-refractivity contribution in [3.8, 4) is 11.5 Å². The lowest BCUT2D eigenvalue weighted by Gasteiger charge is -2.12. The van der Waals surface area contributed by atoms with Gasteiger partial charge < -0.3 is 9.47 Å². The molecular weight excluding hydrogens is 404 g/mol. The van der Waals surface area contributed by atoms with Crippen LogP contribution in [0.5, 0.6) is 11.5 Å². The van der Waals surface area contributed by atoms with Crippen molar-refractivity contribution in [2.45, 2.75) is 4.90 Å². The lowest BCUT2D eigenvalue weighted by atomic mass is 10.1. The minimum absolute atomic E-state index is 0.0425. The Labute approximate surface area is 173 Å². The molecule has 2 aromatic heterocycles. The van der Waals surface area contributed by atoms with Crippen molar-refractivity contribution in [2.75, 3.05) is 14.2 Å². The van der Waals surface area contributed by atoms with Gasteiger partial charge in [0.1, 0.15) is 17.2 Å². The molecular formula is C22H18N2O5S. The number of nitrogens with zero attached hydrogens (tertiary/aromatic N) is 2. The number of hydrogen-bond acceptors (Lipinski definition) is 6. The number of ether oxygens (including phenoxy) is 2. The van der Waals surface area contributed by atoms with Gasteiger partial charge in [0.25, 0.3) is 10.0 Å². The molecule has 0 N–H and O–H groups in total. The highest BCUT2D eigenvalue weighted by Crippen LogP contribution is 2.30. The maximum atomic E-state index is 13.5. The fraction of sp³-hybridized carbons (Fsp3) is 0.0909. The third-order valence-corrected chi connectivity index (χ3v) is 6.39. The summed E-state index contributed by atoms with van der Waals surface area (Å²) in [5, 5.41) is 0.465. The summed E-state index contributed by atoms with van der Waals surface area (Å²) in [5.41, 5.74) is 0.344. The molecule has 0 spiro atoms. The molecule has 0 saturated carbocycles. The molecule has 0 saturated heterocycles.